The highest BCUT2D eigenvalue weighted by atomic mass is 35.5. The van der Waals surface area contributed by atoms with Gasteiger partial charge in [-0.05, 0) is 36.6 Å². The number of benzene rings is 1. The summed E-state index contributed by atoms with van der Waals surface area (Å²) in [5.74, 6) is -0.363. The molecule has 2 rings (SSSR count). The Kier molecular flexibility index (Phi) is 6.06. The molecule has 3 nitrogen and oxygen atoms in total. The molecule has 0 aliphatic carbocycles. The van der Waals surface area contributed by atoms with E-state index in [0.717, 1.165) is 4.88 Å². The van der Waals surface area contributed by atoms with Crippen molar-refractivity contribution in [3.63, 3.8) is 0 Å². The number of esters is 1. The van der Waals surface area contributed by atoms with Crippen molar-refractivity contribution in [2.45, 2.75) is 19.5 Å². The normalized spacial score (nSPS) is 12.1. The first-order chi connectivity index (χ1) is 10.1. The minimum atomic E-state index is -0.641. The van der Waals surface area contributed by atoms with Crippen molar-refractivity contribution in [2.75, 3.05) is 6.61 Å². The quantitative estimate of drug-likeness (QED) is 0.787. The van der Waals surface area contributed by atoms with Crippen LogP contribution in [0.1, 0.15) is 23.4 Å². The third-order valence-electron chi connectivity index (χ3n) is 2.85. The highest BCUT2D eigenvalue weighted by Gasteiger charge is 2.24. The summed E-state index contributed by atoms with van der Waals surface area (Å²) in [6, 6.07) is 8.38. The van der Waals surface area contributed by atoms with Gasteiger partial charge in [0.25, 0.3) is 0 Å². The predicted octanol–water partition coefficient (Wildman–Crippen LogP) is 4.45. The monoisotopic (exact) mass is 343 g/mol. The molecule has 0 fully saturated rings. The number of thiophene rings is 1. The number of carbonyl (C=O) groups is 1. The summed E-state index contributed by atoms with van der Waals surface area (Å²) in [5, 5.41) is 6.18. The van der Waals surface area contributed by atoms with Gasteiger partial charge >= 0.3 is 5.97 Å². The van der Waals surface area contributed by atoms with Crippen LogP contribution in [0.25, 0.3) is 0 Å². The van der Waals surface area contributed by atoms with Crippen molar-refractivity contribution < 1.29 is 9.53 Å². The van der Waals surface area contributed by atoms with E-state index in [1.54, 1.807) is 36.5 Å². The van der Waals surface area contributed by atoms with E-state index in [4.69, 9.17) is 27.9 Å². The van der Waals surface area contributed by atoms with Gasteiger partial charge in [0, 0.05) is 27.0 Å². The minimum Gasteiger partial charge on any atom is -0.465 e. The largest absolute Gasteiger partial charge is 0.465 e. The van der Waals surface area contributed by atoms with E-state index in [-0.39, 0.29) is 5.97 Å². The van der Waals surface area contributed by atoms with Crippen LogP contribution in [0.5, 0.6) is 0 Å². The number of ether oxygens (including phenoxy) is 1. The zero-order valence-corrected chi connectivity index (χ0v) is 13.8. The van der Waals surface area contributed by atoms with E-state index in [1.165, 1.54) is 0 Å². The SMILES string of the molecule is CCOC(=O)C(NCc1cccs1)c1cc(Cl)ccc1Cl. The third-order valence-corrected chi connectivity index (χ3v) is 4.31. The van der Waals surface area contributed by atoms with Gasteiger partial charge < -0.3 is 4.74 Å². The van der Waals surface area contributed by atoms with Gasteiger partial charge in [-0.15, -0.1) is 11.3 Å². The lowest BCUT2D eigenvalue weighted by Crippen LogP contribution is -2.30. The maximum Gasteiger partial charge on any atom is 0.327 e. The Morgan fingerprint density at radius 3 is 2.86 bits per heavy atom. The van der Waals surface area contributed by atoms with Crippen molar-refractivity contribution in [3.05, 3.63) is 56.2 Å². The van der Waals surface area contributed by atoms with Crippen LogP contribution in [0.15, 0.2) is 35.7 Å². The van der Waals surface area contributed by atoms with E-state index in [9.17, 15) is 4.79 Å². The summed E-state index contributed by atoms with van der Waals surface area (Å²) in [7, 11) is 0. The van der Waals surface area contributed by atoms with Gasteiger partial charge in [0.05, 0.1) is 6.61 Å². The lowest BCUT2D eigenvalue weighted by atomic mass is 10.1. The molecule has 1 unspecified atom stereocenters. The molecule has 0 radical (unpaired) electrons. The van der Waals surface area contributed by atoms with Crippen LogP contribution in [0.4, 0.5) is 0 Å². The molecule has 6 heteroatoms. The molecular formula is C15H15Cl2NO2S. The van der Waals surface area contributed by atoms with Gasteiger partial charge in [-0.1, -0.05) is 29.3 Å². The van der Waals surface area contributed by atoms with Gasteiger partial charge in [0.1, 0.15) is 6.04 Å². The fraction of sp³-hybridized carbons (Fsp3) is 0.267. The molecule has 1 aromatic carbocycles. The third kappa shape index (κ3) is 4.45. The molecule has 0 saturated carbocycles. The zero-order chi connectivity index (χ0) is 15.2. The predicted molar refractivity (Wildman–Crippen MR) is 87.0 cm³/mol. The van der Waals surface area contributed by atoms with Crippen LogP contribution < -0.4 is 5.32 Å². The summed E-state index contributed by atoms with van der Waals surface area (Å²) < 4.78 is 5.12. The van der Waals surface area contributed by atoms with E-state index >= 15 is 0 Å². The second-order valence-electron chi connectivity index (χ2n) is 4.31. The van der Waals surface area contributed by atoms with Crippen molar-refractivity contribution in [1.29, 1.82) is 0 Å². The Morgan fingerprint density at radius 2 is 2.19 bits per heavy atom. The Labute approximate surface area is 137 Å². The van der Waals surface area contributed by atoms with Crippen molar-refractivity contribution in [1.82, 2.24) is 5.32 Å². The second-order valence-corrected chi connectivity index (χ2v) is 6.19. The van der Waals surface area contributed by atoms with Crippen LogP contribution in [0.2, 0.25) is 10.0 Å². The maximum atomic E-state index is 12.2. The molecule has 0 aliphatic heterocycles. The molecule has 0 aliphatic rings. The molecule has 112 valence electrons. The summed E-state index contributed by atoms with van der Waals surface area (Å²) in [5.41, 5.74) is 0.624. The van der Waals surface area contributed by atoms with Crippen LogP contribution in [0, 0.1) is 0 Å². The summed E-state index contributed by atoms with van der Waals surface area (Å²) >= 11 is 13.8. The van der Waals surface area contributed by atoms with Gasteiger partial charge in [0.2, 0.25) is 0 Å². The molecule has 0 amide bonds. The lowest BCUT2D eigenvalue weighted by Gasteiger charge is -2.18. The zero-order valence-electron chi connectivity index (χ0n) is 11.4. The molecule has 1 heterocycles. The van der Waals surface area contributed by atoms with Crippen molar-refractivity contribution in [2.24, 2.45) is 0 Å². The fourth-order valence-electron chi connectivity index (χ4n) is 1.90. The molecule has 1 N–H and O–H groups in total. The topological polar surface area (TPSA) is 38.3 Å². The minimum absolute atomic E-state index is 0.314. The van der Waals surface area contributed by atoms with Crippen molar-refractivity contribution >= 4 is 40.5 Å². The van der Waals surface area contributed by atoms with Crippen LogP contribution in [-0.4, -0.2) is 12.6 Å². The first-order valence-electron chi connectivity index (χ1n) is 6.49. The average molecular weight is 344 g/mol. The van der Waals surface area contributed by atoms with Gasteiger partial charge in [0.15, 0.2) is 0 Å². The van der Waals surface area contributed by atoms with E-state index in [1.807, 2.05) is 17.5 Å². The van der Waals surface area contributed by atoms with Crippen LogP contribution >= 0.6 is 34.5 Å². The molecule has 1 atom stereocenters. The van der Waals surface area contributed by atoms with Crippen LogP contribution in [-0.2, 0) is 16.1 Å². The average Bonchev–Trinajstić information content (AvgIpc) is 2.96. The standard InChI is InChI=1S/C15H15Cl2NO2S/c1-2-20-15(19)14(18-9-11-4-3-7-21-11)12-8-10(16)5-6-13(12)17/h3-8,14,18H,2,9H2,1H3. The first kappa shape index (κ1) is 16.3. The number of carbonyl (C=O) groups excluding carboxylic acids is 1. The molecule has 0 bridgehead atoms. The van der Waals surface area contributed by atoms with E-state index < -0.39 is 6.04 Å². The highest BCUT2D eigenvalue weighted by molar-refractivity contribution is 7.09. The number of nitrogens with one attached hydrogen (secondary N) is 1. The summed E-state index contributed by atoms with van der Waals surface area (Å²) in [6.07, 6.45) is 0. The number of halogens is 2. The van der Waals surface area contributed by atoms with E-state index in [0.29, 0.717) is 28.8 Å². The number of hydrogen-bond donors (Lipinski definition) is 1. The van der Waals surface area contributed by atoms with Gasteiger partial charge in [-0.25, -0.2) is 4.79 Å². The molecule has 0 spiro atoms. The molecule has 1 aromatic heterocycles. The first-order valence-corrected chi connectivity index (χ1v) is 8.12. The Balaban J connectivity index is 2.22. The Hall–Kier alpha value is -1.07. The smallest absolute Gasteiger partial charge is 0.327 e. The highest BCUT2D eigenvalue weighted by Crippen LogP contribution is 2.27. The van der Waals surface area contributed by atoms with Crippen molar-refractivity contribution in [3.8, 4) is 0 Å². The summed E-state index contributed by atoms with van der Waals surface area (Å²) in [6.45, 7) is 2.64. The van der Waals surface area contributed by atoms with E-state index in [2.05, 4.69) is 5.32 Å². The molecular weight excluding hydrogens is 329 g/mol. The van der Waals surface area contributed by atoms with Gasteiger partial charge in [-0.3, -0.25) is 5.32 Å². The molecule has 0 saturated heterocycles. The number of hydrogen-bond acceptors (Lipinski definition) is 4. The summed E-state index contributed by atoms with van der Waals surface area (Å²) in [4.78, 5) is 13.3. The Morgan fingerprint density at radius 1 is 1.38 bits per heavy atom. The molecule has 21 heavy (non-hydrogen) atoms. The maximum absolute atomic E-state index is 12.2. The molecule has 2 aromatic rings. The van der Waals surface area contributed by atoms with Crippen LogP contribution in [0.3, 0.4) is 0 Å². The number of rotatable bonds is 6. The Bertz CT molecular complexity index is 602. The van der Waals surface area contributed by atoms with Gasteiger partial charge in [-0.2, -0.15) is 0 Å². The second kappa shape index (κ2) is 7.80. The fourth-order valence-corrected chi connectivity index (χ4v) is 2.96. The lowest BCUT2D eigenvalue weighted by molar-refractivity contribution is -0.145.